The molecule has 0 unspecified atom stereocenters. The number of benzene rings is 5. The summed E-state index contributed by atoms with van der Waals surface area (Å²) in [6.07, 6.45) is 3.74. The van der Waals surface area contributed by atoms with Crippen LogP contribution >= 0.6 is 0 Å². The van der Waals surface area contributed by atoms with Gasteiger partial charge in [-0.2, -0.15) is 0 Å². The second kappa shape index (κ2) is 11.9. The van der Waals surface area contributed by atoms with Crippen LogP contribution in [0.2, 0.25) is 0 Å². The smallest absolute Gasteiger partial charge is 0.0516 e. The van der Waals surface area contributed by atoms with Crippen molar-refractivity contribution in [3.63, 3.8) is 0 Å². The van der Waals surface area contributed by atoms with Crippen molar-refractivity contribution in [3.05, 3.63) is 164 Å². The van der Waals surface area contributed by atoms with Crippen LogP contribution in [-0.4, -0.2) is 14.4 Å². The van der Waals surface area contributed by atoms with Crippen LogP contribution < -0.4 is 0 Å². The van der Waals surface area contributed by atoms with Crippen LogP contribution in [0.25, 0.3) is 71.7 Å². The Balaban J connectivity index is 0.000000203. The van der Waals surface area contributed by atoms with Crippen LogP contribution in [0.4, 0.5) is 0 Å². The zero-order chi connectivity index (χ0) is 28.6. The Bertz CT molecular complexity index is 2270. The molecule has 0 bridgehead atoms. The fraction of sp³-hybridized carbons (Fsp3) is 0. The van der Waals surface area contributed by atoms with Gasteiger partial charge in [-0.05, 0) is 45.6 Å². The van der Waals surface area contributed by atoms with Crippen molar-refractivity contribution in [1.82, 2.24) is 14.4 Å². The van der Waals surface area contributed by atoms with Crippen LogP contribution in [0.1, 0.15) is 0 Å². The summed E-state index contributed by atoms with van der Waals surface area (Å²) >= 11 is 0. The molecule has 4 aromatic heterocycles. The van der Waals surface area contributed by atoms with Gasteiger partial charge in [0.1, 0.15) is 0 Å². The minimum atomic E-state index is 0. The quantitative estimate of drug-likeness (QED) is 0.169. The zero-order valence-electron chi connectivity index (χ0n) is 23.6. The van der Waals surface area contributed by atoms with Gasteiger partial charge in [-0.1, -0.05) is 96.4 Å². The summed E-state index contributed by atoms with van der Waals surface area (Å²) in [5.41, 5.74) is 10.00. The van der Waals surface area contributed by atoms with Crippen molar-refractivity contribution in [3.8, 4) is 33.6 Å². The predicted molar refractivity (Wildman–Crippen MR) is 177 cm³/mol. The fourth-order valence-electron chi connectivity index (χ4n) is 5.95. The van der Waals surface area contributed by atoms with Gasteiger partial charge in [0.15, 0.2) is 0 Å². The van der Waals surface area contributed by atoms with E-state index >= 15 is 0 Å². The fourth-order valence-corrected chi connectivity index (χ4v) is 5.95. The molecule has 5 aromatic carbocycles. The molecule has 211 valence electrons. The maximum absolute atomic E-state index is 4.75. The maximum atomic E-state index is 4.75. The Labute approximate surface area is 269 Å². The Kier molecular flexibility index (Phi) is 7.45. The largest absolute Gasteiger partial charge is 0.350 e. The minimum Gasteiger partial charge on any atom is -0.350 e. The van der Waals surface area contributed by atoms with E-state index in [9.17, 15) is 0 Å². The molecule has 0 aliphatic carbocycles. The molecule has 4 heterocycles. The standard InChI is InChI=1S/C29H17N2.C11H8N.Ir/c1-2-7-19(8-3-1)21-13-15-26(30-18-21)20-14-16-28-25(17-20)24-11-6-10-23-22-9-4-5-12-27(22)31(28)29(23)24;1-2-6-10(7-3-1)11-8-4-5-9-12-11;/h1-13,15-18H;1-6,8-9H;/q2*-1;. The number of aromatic nitrogens is 3. The average molecular weight is 740 g/mol. The van der Waals surface area contributed by atoms with Gasteiger partial charge in [0, 0.05) is 48.8 Å². The van der Waals surface area contributed by atoms with Crippen LogP contribution in [0.5, 0.6) is 0 Å². The molecule has 0 N–H and O–H groups in total. The molecule has 9 rings (SSSR count). The van der Waals surface area contributed by atoms with Gasteiger partial charge in [0.2, 0.25) is 0 Å². The van der Waals surface area contributed by atoms with Crippen molar-refractivity contribution in [2.75, 3.05) is 0 Å². The molecule has 44 heavy (non-hydrogen) atoms. The molecular weight excluding hydrogens is 715 g/mol. The topological polar surface area (TPSA) is 30.2 Å². The molecule has 1 radical (unpaired) electrons. The van der Waals surface area contributed by atoms with Gasteiger partial charge >= 0.3 is 0 Å². The number of hydrogen-bond acceptors (Lipinski definition) is 2. The van der Waals surface area contributed by atoms with Crippen molar-refractivity contribution in [1.29, 1.82) is 0 Å². The molecule has 0 fully saturated rings. The normalized spacial score (nSPS) is 11.0. The number of hydrogen-bond donors (Lipinski definition) is 0. The van der Waals surface area contributed by atoms with E-state index in [2.05, 4.69) is 113 Å². The third-order valence-electron chi connectivity index (χ3n) is 7.95. The van der Waals surface area contributed by atoms with Crippen LogP contribution in [-0.2, 0) is 20.1 Å². The Morgan fingerprint density at radius 2 is 1.25 bits per heavy atom. The summed E-state index contributed by atoms with van der Waals surface area (Å²) in [4.78, 5) is 8.97. The van der Waals surface area contributed by atoms with E-state index in [0.29, 0.717) is 0 Å². The van der Waals surface area contributed by atoms with Crippen LogP contribution in [0, 0.1) is 12.1 Å². The van der Waals surface area contributed by atoms with Crippen molar-refractivity contribution >= 4 is 38.1 Å². The number of rotatable bonds is 3. The van der Waals surface area contributed by atoms with E-state index < -0.39 is 0 Å². The molecule has 9 aromatic rings. The molecule has 0 spiro atoms. The van der Waals surface area contributed by atoms with Gasteiger partial charge in [0.05, 0.1) is 5.52 Å². The number of nitrogens with zero attached hydrogens (tertiary/aromatic N) is 3. The van der Waals surface area contributed by atoms with Gasteiger partial charge in [-0.15, -0.1) is 59.7 Å². The predicted octanol–water partition coefficient (Wildman–Crippen LogP) is 9.91. The van der Waals surface area contributed by atoms with Crippen LogP contribution in [0.15, 0.2) is 152 Å². The summed E-state index contributed by atoms with van der Waals surface area (Å²) in [6.45, 7) is 0. The summed E-state index contributed by atoms with van der Waals surface area (Å²) in [6, 6.07) is 54.5. The van der Waals surface area contributed by atoms with E-state index in [1.54, 1.807) is 6.20 Å². The maximum Gasteiger partial charge on any atom is 0.0516 e. The van der Waals surface area contributed by atoms with E-state index in [1.165, 1.54) is 43.7 Å². The SMILES string of the molecule is [Ir].[c-]1cc2c(cc1-c1ccc(-c3ccccc3)cn1)c1cccc3c4ccccc4n2c13.[c-]1ccccc1-c1ccccn1. The first kappa shape index (κ1) is 27.7. The average Bonchev–Trinajstić information content (AvgIpc) is 3.62. The third kappa shape index (κ3) is 4.85. The van der Waals surface area contributed by atoms with Gasteiger partial charge < -0.3 is 14.4 Å². The second-order valence-electron chi connectivity index (χ2n) is 10.5. The number of para-hydroxylation sites is 2. The van der Waals surface area contributed by atoms with Gasteiger partial charge in [-0.3, -0.25) is 0 Å². The molecular formula is C40H25IrN3-2. The van der Waals surface area contributed by atoms with Crippen molar-refractivity contribution < 1.29 is 20.1 Å². The van der Waals surface area contributed by atoms with Gasteiger partial charge in [0.25, 0.3) is 0 Å². The molecule has 0 atom stereocenters. The zero-order valence-corrected chi connectivity index (χ0v) is 26.0. The first-order chi connectivity index (χ1) is 21.3. The molecule has 0 saturated heterocycles. The Morgan fingerprint density at radius 3 is 2.02 bits per heavy atom. The van der Waals surface area contributed by atoms with Gasteiger partial charge in [-0.25, -0.2) is 0 Å². The monoisotopic (exact) mass is 740 g/mol. The summed E-state index contributed by atoms with van der Waals surface area (Å²) in [5.74, 6) is 0. The minimum absolute atomic E-state index is 0. The summed E-state index contributed by atoms with van der Waals surface area (Å²) in [5, 5.41) is 5.12. The summed E-state index contributed by atoms with van der Waals surface area (Å²) < 4.78 is 2.38. The third-order valence-corrected chi connectivity index (χ3v) is 7.95. The molecule has 0 saturated carbocycles. The Hall–Kier alpha value is -5.15. The molecule has 4 heteroatoms. The number of fused-ring (bicyclic) bond motifs is 6. The van der Waals surface area contributed by atoms with E-state index in [0.717, 1.165) is 28.1 Å². The summed E-state index contributed by atoms with van der Waals surface area (Å²) in [7, 11) is 0. The molecule has 0 amide bonds. The molecule has 3 nitrogen and oxygen atoms in total. The molecule has 0 aliphatic rings. The first-order valence-corrected chi connectivity index (χ1v) is 14.3. The van der Waals surface area contributed by atoms with Crippen molar-refractivity contribution in [2.24, 2.45) is 0 Å². The Morgan fingerprint density at radius 1 is 0.500 bits per heavy atom. The number of pyridine rings is 2. The van der Waals surface area contributed by atoms with E-state index in [-0.39, 0.29) is 20.1 Å². The van der Waals surface area contributed by atoms with E-state index in [1.807, 2.05) is 54.7 Å². The van der Waals surface area contributed by atoms with Crippen molar-refractivity contribution in [2.45, 2.75) is 0 Å². The molecule has 0 aliphatic heterocycles. The second-order valence-corrected chi connectivity index (χ2v) is 10.5. The first-order valence-electron chi connectivity index (χ1n) is 14.3. The van der Waals surface area contributed by atoms with Crippen LogP contribution in [0.3, 0.4) is 0 Å². The van der Waals surface area contributed by atoms with E-state index in [4.69, 9.17) is 4.98 Å².